The van der Waals surface area contributed by atoms with E-state index in [0.29, 0.717) is 0 Å². The molecule has 2 aromatic carbocycles. The maximum absolute atomic E-state index is 6.40. The summed E-state index contributed by atoms with van der Waals surface area (Å²) in [5.74, 6) is 0. The molecule has 0 spiro atoms. The van der Waals surface area contributed by atoms with Gasteiger partial charge in [-0.1, -0.05) is 51.8 Å². The van der Waals surface area contributed by atoms with Gasteiger partial charge in [0.05, 0.1) is 0 Å². The quantitative estimate of drug-likeness (QED) is 0.878. The molecule has 2 aromatic rings. The fourth-order valence-corrected chi connectivity index (χ4v) is 2.99. The molecule has 2 N–H and O–H groups in total. The molecule has 0 heterocycles. The van der Waals surface area contributed by atoms with Crippen LogP contribution in [0.4, 0.5) is 0 Å². The van der Waals surface area contributed by atoms with Crippen molar-refractivity contribution in [3.05, 3.63) is 68.7 Å². The third kappa shape index (κ3) is 3.26. The van der Waals surface area contributed by atoms with E-state index >= 15 is 0 Å². The Morgan fingerprint density at radius 3 is 2.32 bits per heavy atom. The summed E-state index contributed by atoms with van der Waals surface area (Å²) in [5, 5.41) is 0. The number of rotatable bonds is 3. The predicted octanol–water partition coefficient (Wildman–Crippen LogP) is 4.62. The third-order valence-corrected chi connectivity index (χ3v) is 4.34. The molecule has 0 fully saturated rings. The van der Waals surface area contributed by atoms with E-state index in [1.54, 1.807) is 0 Å². The van der Waals surface area contributed by atoms with Crippen LogP contribution in [0.15, 0.2) is 40.9 Å². The van der Waals surface area contributed by atoms with Crippen molar-refractivity contribution in [1.82, 2.24) is 0 Å². The molecule has 1 unspecified atom stereocenters. The van der Waals surface area contributed by atoms with Gasteiger partial charge < -0.3 is 5.73 Å². The summed E-state index contributed by atoms with van der Waals surface area (Å²) in [5.41, 5.74) is 12.8. The van der Waals surface area contributed by atoms with E-state index in [1.807, 2.05) is 0 Å². The molecular weight excluding hydrogens is 298 g/mol. The van der Waals surface area contributed by atoms with Crippen LogP contribution in [0.3, 0.4) is 0 Å². The topological polar surface area (TPSA) is 26.0 Å². The summed E-state index contributed by atoms with van der Waals surface area (Å²) < 4.78 is 1.09. The Labute approximate surface area is 124 Å². The second-order valence-corrected chi connectivity index (χ2v) is 6.06. The van der Waals surface area contributed by atoms with Gasteiger partial charge in [0.15, 0.2) is 0 Å². The standard InChI is InChI=1S/C17H20BrN/c1-11-7-8-16(18)15(9-11)17(19)10-14-12(2)5-4-6-13(14)3/h4-9,17H,10,19H2,1-3H3. The number of hydrogen-bond acceptors (Lipinski definition) is 1. The molecule has 2 rings (SSSR count). The first-order valence-electron chi connectivity index (χ1n) is 6.55. The van der Waals surface area contributed by atoms with Crippen molar-refractivity contribution in [2.75, 3.05) is 0 Å². The highest BCUT2D eigenvalue weighted by molar-refractivity contribution is 9.10. The lowest BCUT2D eigenvalue weighted by Crippen LogP contribution is -2.15. The molecule has 2 heteroatoms. The molecule has 0 aliphatic carbocycles. The smallest absolute Gasteiger partial charge is 0.0347 e. The van der Waals surface area contributed by atoms with Crippen LogP contribution in [-0.2, 0) is 6.42 Å². The molecule has 19 heavy (non-hydrogen) atoms. The average Bonchev–Trinajstić information content (AvgIpc) is 2.37. The second-order valence-electron chi connectivity index (χ2n) is 5.21. The van der Waals surface area contributed by atoms with Gasteiger partial charge in [0.1, 0.15) is 0 Å². The van der Waals surface area contributed by atoms with Gasteiger partial charge in [-0.05, 0) is 55.5 Å². The van der Waals surface area contributed by atoms with Gasteiger partial charge in [-0.25, -0.2) is 0 Å². The van der Waals surface area contributed by atoms with Crippen LogP contribution < -0.4 is 5.73 Å². The molecule has 100 valence electrons. The molecule has 0 aromatic heterocycles. The lowest BCUT2D eigenvalue weighted by molar-refractivity contribution is 0.711. The minimum Gasteiger partial charge on any atom is -0.324 e. The fraction of sp³-hybridized carbons (Fsp3) is 0.294. The Hall–Kier alpha value is -1.12. The number of nitrogens with two attached hydrogens (primary N) is 1. The van der Waals surface area contributed by atoms with Gasteiger partial charge in [-0.3, -0.25) is 0 Å². The molecule has 1 atom stereocenters. The number of benzene rings is 2. The maximum Gasteiger partial charge on any atom is 0.0347 e. The van der Waals surface area contributed by atoms with Gasteiger partial charge in [0.2, 0.25) is 0 Å². The zero-order valence-corrected chi connectivity index (χ0v) is 13.3. The molecule has 0 bridgehead atoms. The summed E-state index contributed by atoms with van der Waals surface area (Å²) in [4.78, 5) is 0. The van der Waals surface area contributed by atoms with Crippen molar-refractivity contribution in [3.8, 4) is 0 Å². The Bertz CT molecular complexity index is 570. The van der Waals surface area contributed by atoms with Crippen molar-refractivity contribution < 1.29 is 0 Å². The molecular formula is C17H20BrN. The third-order valence-electron chi connectivity index (χ3n) is 3.62. The summed E-state index contributed by atoms with van der Waals surface area (Å²) in [6, 6.07) is 12.8. The first-order chi connectivity index (χ1) is 8.99. The van der Waals surface area contributed by atoms with E-state index in [-0.39, 0.29) is 6.04 Å². The summed E-state index contributed by atoms with van der Waals surface area (Å²) in [7, 11) is 0. The van der Waals surface area contributed by atoms with Crippen LogP contribution in [0.1, 0.15) is 33.9 Å². The van der Waals surface area contributed by atoms with Crippen LogP contribution in [0, 0.1) is 20.8 Å². The summed E-state index contributed by atoms with van der Waals surface area (Å²) >= 11 is 3.60. The van der Waals surface area contributed by atoms with Crippen LogP contribution >= 0.6 is 15.9 Å². The van der Waals surface area contributed by atoms with Crippen molar-refractivity contribution in [1.29, 1.82) is 0 Å². The van der Waals surface area contributed by atoms with E-state index in [4.69, 9.17) is 5.73 Å². The monoisotopic (exact) mass is 317 g/mol. The highest BCUT2D eigenvalue weighted by atomic mass is 79.9. The maximum atomic E-state index is 6.40. The van der Waals surface area contributed by atoms with Gasteiger partial charge >= 0.3 is 0 Å². The molecule has 0 aliphatic rings. The number of aryl methyl sites for hydroxylation is 3. The van der Waals surface area contributed by atoms with Crippen molar-refractivity contribution >= 4 is 15.9 Å². The Kier molecular flexibility index (Phi) is 4.43. The molecule has 1 nitrogen and oxygen atoms in total. The highest BCUT2D eigenvalue weighted by Crippen LogP contribution is 2.27. The van der Waals surface area contributed by atoms with E-state index in [0.717, 1.165) is 10.9 Å². The molecule has 0 radical (unpaired) electrons. The lowest BCUT2D eigenvalue weighted by Gasteiger charge is -2.17. The predicted molar refractivity (Wildman–Crippen MR) is 85.4 cm³/mol. The highest BCUT2D eigenvalue weighted by Gasteiger charge is 2.13. The molecule has 0 amide bonds. The van der Waals surface area contributed by atoms with E-state index in [2.05, 4.69) is 73.1 Å². The normalized spacial score (nSPS) is 12.5. The first kappa shape index (κ1) is 14.3. The van der Waals surface area contributed by atoms with E-state index in [1.165, 1.54) is 27.8 Å². The van der Waals surface area contributed by atoms with Crippen molar-refractivity contribution in [3.63, 3.8) is 0 Å². The minimum atomic E-state index is 0.0223. The molecule has 0 aliphatic heterocycles. The zero-order valence-electron chi connectivity index (χ0n) is 11.7. The van der Waals surface area contributed by atoms with Gasteiger partial charge in [0, 0.05) is 10.5 Å². The molecule has 0 saturated carbocycles. The van der Waals surface area contributed by atoms with Gasteiger partial charge in [-0.15, -0.1) is 0 Å². The zero-order chi connectivity index (χ0) is 14.0. The second kappa shape index (κ2) is 5.89. The largest absolute Gasteiger partial charge is 0.324 e. The van der Waals surface area contributed by atoms with Gasteiger partial charge in [-0.2, -0.15) is 0 Å². The molecule has 0 saturated heterocycles. The van der Waals surface area contributed by atoms with Crippen LogP contribution in [0.5, 0.6) is 0 Å². The van der Waals surface area contributed by atoms with Crippen molar-refractivity contribution in [2.45, 2.75) is 33.2 Å². The van der Waals surface area contributed by atoms with Crippen molar-refractivity contribution in [2.24, 2.45) is 5.73 Å². The minimum absolute atomic E-state index is 0.0223. The summed E-state index contributed by atoms with van der Waals surface area (Å²) in [6.45, 7) is 6.41. The lowest BCUT2D eigenvalue weighted by atomic mass is 9.93. The first-order valence-corrected chi connectivity index (χ1v) is 7.35. The van der Waals surface area contributed by atoms with E-state index < -0.39 is 0 Å². The summed E-state index contributed by atoms with van der Waals surface area (Å²) in [6.07, 6.45) is 0.876. The SMILES string of the molecule is Cc1ccc(Br)c(C(N)Cc2c(C)cccc2C)c1. The average molecular weight is 318 g/mol. The van der Waals surface area contributed by atoms with Gasteiger partial charge in [0.25, 0.3) is 0 Å². The van der Waals surface area contributed by atoms with Crippen LogP contribution in [0.25, 0.3) is 0 Å². The van der Waals surface area contributed by atoms with E-state index in [9.17, 15) is 0 Å². The van der Waals surface area contributed by atoms with Crippen LogP contribution in [0.2, 0.25) is 0 Å². The number of hydrogen-bond donors (Lipinski definition) is 1. The van der Waals surface area contributed by atoms with Crippen LogP contribution in [-0.4, -0.2) is 0 Å². The number of halogens is 1. The Morgan fingerprint density at radius 1 is 1.05 bits per heavy atom. The Balaban J connectivity index is 2.31. The fourth-order valence-electron chi connectivity index (χ4n) is 2.45. The Morgan fingerprint density at radius 2 is 1.68 bits per heavy atom.